The minimum Gasteiger partial charge on any atom is -0.396 e. The molecule has 0 saturated heterocycles. The van der Waals surface area contributed by atoms with Gasteiger partial charge in [0.25, 0.3) is 0 Å². The van der Waals surface area contributed by atoms with Gasteiger partial charge in [-0.1, -0.05) is 29.8 Å². The van der Waals surface area contributed by atoms with Crippen LogP contribution in [-0.2, 0) is 13.6 Å². The molecule has 0 bridgehead atoms. The van der Waals surface area contributed by atoms with E-state index in [2.05, 4.69) is 10.4 Å². The highest BCUT2D eigenvalue weighted by Gasteiger charge is 2.12. The highest BCUT2D eigenvalue weighted by atomic mass is 35.5. The van der Waals surface area contributed by atoms with Crippen molar-refractivity contribution in [2.24, 2.45) is 7.05 Å². The van der Waals surface area contributed by atoms with E-state index in [1.54, 1.807) is 4.68 Å². The summed E-state index contributed by atoms with van der Waals surface area (Å²) in [6.07, 6.45) is 2.74. The highest BCUT2D eigenvalue weighted by molar-refractivity contribution is 6.33. The van der Waals surface area contributed by atoms with Crippen molar-refractivity contribution in [1.82, 2.24) is 15.1 Å². The summed E-state index contributed by atoms with van der Waals surface area (Å²) in [5.74, 6) is 0. The number of hydrogen-bond acceptors (Lipinski definition) is 3. The van der Waals surface area contributed by atoms with E-state index in [1.807, 2.05) is 37.5 Å². The molecule has 102 valence electrons. The van der Waals surface area contributed by atoms with Crippen LogP contribution in [0.2, 0.25) is 5.02 Å². The molecule has 2 rings (SSSR count). The first-order valence-corrected chi connectivity index (χ1v) is 6.69. The zero-order valence-corrected chi connectivity index (χ0v) is 11.7. The summed E-state index contributed by atoms with van der Waals surface area (Å²) in [7, 11) is 1.90. The van der Waals surface area contributed by atoms with Crippen LogP contribution in [-0.4, -0.2) is 28.0 Å². The van der Waals surface area contributed by atoms with Crippen molar-refractivity contribution >= 4 is 11.6 Å². The summed E-state index contributed by atoms with van der Waals surface area (Å²) in [4.78, 5) is 0. The van der Waals surface area contributed by atoms with Gasteiger partial charge >= 0.3 is 0 Å². The smallest absolute Gasteiger partial charge is 0.0982 e. The predicted octanol–water partition coefficient (Wildman–Crippen LogP) is 2.21. The molecular weight excluding hydrogens is 262 g/mol. The van der Waals surface area contributed by atoms with Crippen molar-refractivity contribution in [3.8, 4) is 11.3 Å². The van der Waals surface area contributed by atoms with E-state index in [-0.39, 0.29) is 6.61 Å². The van der Waals surface area contributed by atoms with Crippen LogP contribution in [0, 0.1) is 0 Å². The van der Waals surface area contributed by atoms with Gasteiger partial charge in [-0.15, -0.1) is 0 Å². The lowest BCUT2D eigenvalue weighted by molar-refractivity contribution is 0.286. The number of hydrogen-bond donors (Lipinski definition) is 2. The molecule has 0 radical (unpaired) electrons. The minimum atomic E-state index is 0.206. The topological polar surface area (TPSA) is 50.1 Å². The zero-order chi connectivity index (χ0) is 13.7. The van der Waals surface area contributed by atoms with Crippen LogP contribution in [0.15, 0.2) is 30.5 Å². The molecule has 0 fully saturated rings. The van der Waals surface area contributed by atoms with Gasteiger partial charge in [0, 0.05) is 37.5 Å². The van der Waals surface area contributed by atoms with E-state index < -0.39 is 0 Å². The van der Waals surface area contributed by atoms with Gasteiger partial charge in [-0.05, 0) is 19.0 Å². The molecule has 1 heterocycles. The summed E-state index contributed by atoms with van der Waals surface area (Å²) in [6.45, 7) is 1.71. The molecule has 5 heteroatoms. The van der Waals surface area contributed by atoms with Crippen LogP contribution in [0.1, 0.15) is 12.0 Å². The quantitative estimate of drug-likeness (QED) is 0.797. The number of rotatable bonds is 6. The van der Waals surface area contributed by atoms with Gasteiger partial charge in [-0.25, -0.2) is 0 Å². The third kappa shape index (κ3) is 3.56. The fourth-order valence-corrected chi connectivity index (χ4v) is 2.20. The van der Waals surface area contributed by atoms with Gasteiger partial charge in [0.1, 0.15) is 0 Å². The molecule has 4 nitrogen and oxygen atoms in total. The third-order valence-corrected chi connectivity index (χ3v) is 3.19. The number of aliphatic hydroxyl groups is 1. The molecule has 19 heavy (non-hydrogen) atoms. The molecule has 0 amide bonds. The molecule has 2 N–H and O–H groups in total. The van der Waals surface area contributed by atoms with Crippen molar-refractivity contribution in [2.45, 2.75) is 13.0 Å². The first-order valence-electron chi connectivity index (χ1n) is 6.31. The van der Waals surface area contributed by atoms with Crippen LogP contribution in [0.5, 0.6) is 0 Å². The summed E-state index contributed by atoms with van der Waals surface area (Å²) in [5, 5.41) is 17.2. The molecule has 0 aliphatic carbocycles. The van der Waals surface area contributed by atoms with Crippen molar-refractivity contribution < 1.29 is 5.11 Å². The Bertz CT molecular complexity index is 539. The van der Waals surface area contributed by atoms with Crippen LogP contribution in [0.3, 0.4) is 0 Å². The van der Waals surface area contributed by atoms with Gasteiger partial charge in [0.15, 0.2) is 0 Å². The Balaban J connectivity index is 2.19. The maximum atomic E-state index is 8.76. The highest BCUT2D eigenvalue weighted by Crippen LogP contribution is 2.28. The molecule has 2 aromatic rings. The van der Waals surface area contributed by atoms with E-state index in [0.29, 0.717) is 11.6 Å². The summed E-state index contributed by atoms with van der Waals surface area (Å²) >= 11 is 6.22. The van der Waals surface area contributed by atoms with Gasteiger partial charge in [0.2, 0.25) is 0 Å². The number of aromatic nitrogens is 2. The molecule has 0 saturated carbocycles. The number of benzene rings is 1. The number of halogens is 1. The third-order valence-electron chi connectivity index (χ3n) is 2.86. The molecule has 0 aliphatic heterocycles. The van der Waals surface area contributed by atoms with Crippen LogP contribution in [0.4, 0.5) is 0 Å². The lowest BCUT2D eigenvalue weighted by atomic mass is 10.1. The van der Waals surface area contributed by atoms with Crippen molar-refractivity contribution in [2.75, 3.05) is 13.2 Å². The summed E-state index contributed by atoms with van der Waals surface area (Å²) in [6, 6.07) is 7.71. The Morgan fingerprint density at radius 1 is 1.37 bits per heavy atom. The number of aryl methyl sites for hydroxylation is 1. The van der Waals surface area contributed by atoms with Crippen molar-refractivity contribution in [3.05, 3.63) is 41.0 Å². The lowest BCUT2D eigenvalue weighted by Gasteiger charge is -2.05. The summed E-state index contributed by atoms with van der Waals surface area (Å²) < 4.78 is 1.79. The lowest BCUT2D eigenvalue weighted by Crippen LogP contribution is -2.15. The number of aliphatic hydroxyl groups excluding tert-OH is 1. The standard InChI is InChI=1S/C14H18ClN3O/c1-18-10-11(9-16-7-4-8-19)14(17-18)12-5-2-3-6-13(12)15/h2-3,5-6,10,16,19H,4,7-9H2,1H3. The van der Waals surface area contributed by atoms with Gasteiger partial charge < -0.3 is 10.4 Å². The Morgan fingerprint density at radius 2 is 2.16 bits per heavy atom. The normalized spacial score (nSPS) is 10.9. The Labute approximate surface area is 118 Å². The first kappa shape index (κ1) is 14.1. The maximum absolute atomic E-state index is 8.76. The molecule has 1 aromatic carbocycles. The monoisotopic (exact) mass is 279 g/mol. The van der Waals surface area contributed by atoms with Crippen LogP contribution < -0.4 is 5.32 Å². The van der Waals surface area contributed by atoms with E-state index in [9.17, 15) is 0 Å². The van der Waals surface area contributed by atoms with Gasteiger partial charge in [-0.3, -0.25) is 4.68 Å². The Hall–Kier alpha value is -1.36. The van der Waals surface area contributed by atoms with Crippen molar-refractivity contribution in [1.29, 1.82) is 0 Å². The average Bonchev–Trinajstić information content (AvgIpc) is 2.76. The Kier molecular flexibility index (Phi) is 4.96. The van der Waals surface area contributed by atoms with Gasteiger partial charge in [0.05, 0.1) is 10.7 Å². The molecule has 0 spiro atoms. The first-order chi connectivity index (χ1) is 9.22. The molecule has 0 atom stereocenters. The average molecular weight is 280 g/mol. The number of nitrogens with one attached hydrogen (secondary N) is 1. The van der Waals surface area contributed by atoms with E-state index >= 15 is 0 Å². The van der Waals surface area contributed by atoms with E-state index in [4.69, 9.17) is 16.7 Å². The maximum Gasteiger partial charge on any atom is 0.0982 e. The van der Waals surface area contributed by atoms with Crippen LogP contribution in [0.25, 0.3) is 11.3 Å². The predicted molar refractivity (Wildman–Crippen MR) is 77.1 cm³/mol. The fourth-order valence-electron chi connectivity index (χ4n) is 1.97. The second-order valence-corrected chi connectivity index (χ2v) is 4.82. The van der Waals surface area contributed by atoms with Crippen molar-refractivity contribution in [3.63, 3.8) is 0 Å². The van der Waals surface area contributed by atoms with Gasteiger partial charge in [-0.2, -0.15) is 5.10 Å². The molecule has 0 aliphatic rings. The van der Waals surface area contributed by atoms with Crippen LogP contribution >= 0.6 is 11.6 Å². The molecule has 1 aromatic heterocycles. The number of nitrogens with zero attached hydrogens (tertiary/aromatic N) is 2. The SMILES string of the molecule is Cn1cc(CNCCCO)c(-c2ccccc2Cl)n1. The second kappa shape index (κ2) is 6.70. The summed E-state index contributed by atoms with van der Waals surface area (Å²) in [5.41, 5.74) is 2.96. The molecule has 0 unspecified atom stereocenters. The Morgan fingerprint density at radius 3 is 2.89 bits per heavy atom. The minimum absolute atomic E-state index is 0.206. The zero-order valence-electron chi connectivity index (χ0n) is 10.9. The van der Waals surface area contributed by atoms with E-state index in [0.717, 1.165) is 29.8 Å². The fraction of sp³-hybridized carbons (Fsp3) is 0.357. The van der Waals surface area contributed by atoms with E-state index in [1.165, 1.54) is 0 Å². The molecular formula is C14H18ClN3O. The second-order valence-electron chi connectivity index (χ2n) is 4.41. The largest absolute Gasteiger partial charge is 0.396 e.